The lowest BCUT2D eigenvalue weighted by atomic mass is 9.69. The molecule has 12 nitrogen and oxygen atoms in total. The van der Waals surface area contributed by atoms with E-state index in [0.29, 0.717) is 16.8 Å². The average molecular weight is 544 g/mol. The minimum absolute atomic E-state index is 0.00509. The molecular formula is C28H25N5O7. The zero-order valence-electron chi connectivity index (χ0n) is 22.1. The molecule has 2 amide bonds. The first-order valence-electron chi connectivity index (χ1n) is 12.2. The second-order valence-corrected chi connectivity index (χ2v) is 9.42. The molecule has 0 saturated carbocycles. The van der Waals surface area contributed by atoms with Gasteiger partial charge in [-0.15, -0.1) is 0 Å². The van der Waals surface area contributed by atoms with Crippen LogP contribution in [0.15, 0.2) is 64.8 Å². The topological polar surface area (TPSA) is 151 Å². The first-order valence-corrected chi connectivity index (χ1v) is 12.2. The molecule has 0 radical (unpaired) electrons. The smallest absolute Gasteiger partial charge is 0.357 e. The van der Waals surface area contributed by atoms with Crippen LogP contribution in [0.1, 0.15) is 17.5 Å². The number of hydrogen-bond donors (Lipinski definition) is 1. The van der Waals surface area contributed by atoms with Gasteiger partial charge in [-0.25, -0.2) is 24.2 Å². The fourth-order valence-corrected chi connectivity index (χ4v) is 5.96. The summed E-state index contributed by atoms with van der Waals surface area (Å²) < 4.78 is 15.1. The van der Waals surface area contributed by atoms with Crippen molar-refractivity contribution in [3.05, 3.63) is 70.9 Å². The minimum Gasteiger partial charge on any atom is -0.467 e. The molecule has 12 heteroatoms. The number of nitrogens with zero attached hydrogens (tertiary/aromatic N) is 4. The molecule has 3 atom stereocenters. The van der Waals surface area contributed by atoms with Gasteiger partial charge in [-0.3, -0.25) is 4.90 Å². The number of nitriles is 1. The number of benzene rings is 2. The molecule has 0 aromatic heterocycles. The SMILES string of the molecule is COC(=O)C1=C(C(=O)OC)[C@@H]2N(C)c3ccccc3[C@@]23C[C@@H](C(=O)OC)N(C(=O)Nc2cccc(C#N)c2)C3=N1. The van der Waals surface area contributed by atoms with Gasteiger partial charge in [0.1, 0.15) is 11.9 Å². The number of nitrogens with one attached hydrogen (secondary N) is 1. The Hall–Kier alpha value is -5.18. The Morgan fingerprint density at radius 1 is 1.02 bits per heavy atom. The summed E-state index contributed by atoms with van der Waals surface area (Å²) in [6.45, 7) is 0. The van der Waals surface area contributed by atoms with E-state index in [1.165, 1.54) is 20.3 Å². The number of likely N-dealkylation sites (N-methyl/N-ethyl adjacent to an activating group) is 1. The fraction of sp³-hybridized carbons (Fsp3) is 0.286. The maximum Gasteiger partial charge on any atom is 0.357 e. The van der Waals surface area contributed by atoms with Crippen LogP contribution in [0.3, 0.4) is 0 Å². The number of amides is 2. The summed E-state index contributed by atoms with van der Waals surface area (Å²) in [7, 11) is 5.31. The molecule has 1 fully saturated rings. The van der Waals surface area contributed by atoms with Crippen LogP contribution in [0.25, 0.3) is 0 Å². The van der Waals surface area contributed by atoms with Crippen LogP contribution in [-0.4, -0.2) is 75.1 Å². The van der Waals surface area contributed by atoms with Gasteiger partial charge < -0.3 is 24.4 Å². The summed E-state index contributed by atoms with van der Waals surface area (Å²) in [6, 6.07) is 12.8. The molecular weight excluding hydrogens is 518 g/mol. The zero-order chi connectivity index (χ0) is 28.8. The van der Waals surface area contributed by atoms with Gasteiger partial charge in [0.15, 0.2) is 5.70 Å². The molecule has 0 bridgehead atoms. The lowest BCUT2D eigenvalue weighted by molar-refractivity contribution is -0.144. The van der Waals surface area contributed by atoms with E-state index in [2.05, 4.69) is 10.3 Å². The van der Waals surface area contributed by atoms with E-state index in [9.17, 15) is 24.4 Å². The number of ether oxygens (including phenoxy) is 3. The van der Waals surface area contributed by atoms with Crippen LogP contribution in [-0.2, 0) is 34.0 Å². The van der Waals surface area contributed by atoms with E-state index in [1.54, 1.807) is 25.2 Å². The van der Waals surface area contributed by atoms with Gasteiger partial charge in [-0.05, 0) is 36.2 Å². The van der Waals surface area contributed by atoms with E-state index in [-0.39, 0.29) is 23.5 Å². The molecule has 1 spiro atoms. The number of fused-ring (bicyclic) bond motifs is 1. The maximum atomic E-state index is 13.9. The maximum absolute atomic E-state index is 13.9. The van der Waals surface area contributed by atoms with Crippen molar-refractivity contribution < 1.29 is 33.4 Å². The van der Waals surface area contributed by atoms with E-state index in [4.69, 9.17) is 14.2 Å². The van der Waals surface area contributed by atoms with E-state index in [0.717, 1.165) is 17.7 Å². The molecule has 1 N–H and O–H groups in total. The van der Waals surface area contributed by atoms with Crippen LogP contribution in [0.4, 0.5) is 16.2 Å². The van der Waals surface area contributed by atoms with E-state index >= 15 is 0 Å². The van der Waals surface area contributed by atoms with Gasteiger partial charge in [-0.2, -0.15) is 5.26 Å². The van der Waals surface area contributed by atoms with E-state index in [1.807, 2.05) is 35.2 Å². The molecule has 2 aromatic rings. The van der Waals surface area contributed by atoms with Gasteiger partial charge in [0.05, 0.1) is 50.0 Å². The lowest BCUT2D eigenvalue weighted by Crippen LogP contribution is -2.55. The van der Waals surface area contributed by atoms with Crippen molar-refractivity contribution in [3.8, 4) is 6.07 Å². The zero-order valence-corrected chi connectivity index (χ0v) is 22.1. The number of carbonyl (C=O) groups excluding carboxylic acids is 4. The third-order valence-electron chi connectivity index (χ3n) is 7.54. The van der Waals surface area contributed by atoms with Gasteiger partial charge in [0, 0.05) is 18.4 Å². The quantitative estimate of drug-likeness (QED) is 0.452. The largest absolute Gasteiger partial charge is 0.467 e. The molecule has 0 aliphatic carbocycles. The third-order valence-corrected chi connectivity index (χ3v) is 7.54. The number of methoxy groups -OCH3 is 3. The number of rotatable bonds is 4. The normalized spacial score (nSPS) is 22.3. The van der Waals surface area contributed by atoms with Crippen LogP contribution in [0, 0.1) is 11.3 Å². The number of carbonyl (C=O) groups is 4. The molecule has 3 heterocycles. The van der Waals surface area contributed by atoms with Crippen LogP contribution >= 0.6 is 0 Å². The minimum atomic E-state index is -1.21. The Kier molecular flexibility index (Phi) is 6.51. The second kappa shape index (κ2) is 9.85. The van der Waals surface area contributed by atoms with Crippen molar-refractivity contribution in [3.63, 3.8) is 0 Å². The third kappa shape index (κ3) is 3.70. The van der Waals surface area contributed by atoms with Crippen molar-refractivity contribution in [2.75, 3.05) is 38.6 Å². The highest BCUT2D eigenvalue weighted by Gasteiger charge is 2.67. The first kappa shape index (κ1) is 26.4. The number of para-hydroxylation sites is 1. The molecule has 0 unspecified atom stereocenters. The van der Waals surface area contributed by atoms with Gasteiger partial charge >= 0.3 is 23.9 Å². The Balaban J connectivity index is 1.77. The number of esters is 3. The highest BCUT2D eigenvalue weighted by molar-refractivity contribution is 6.18. The monoisotopic (exact) mass is 543 g/mol. The molecule has 3 aliphatic rings. The van der Waals surface area contributed by atoms with Crippen molar-refractivity contribution in [2.45, 2.75) is 23.9 Å². The average Bonchev–Trinajstić information content (AvgIpc) is 3.46. The Morgan fingerprint density at radius 2 is 1.75 bits per heavy atom. The number of anilines is 2. The summed E-state index contributed by atoms with van der Waals surface area (Å²) in [5.74, 6) is -2.34. The number of urea groups is 1. The Labute approximate surface area is 229 Å². The number of hydrogen-bond acceptors (Lipinski definition) is 10. The number of aliphatic imine (C=N–C) groups is 1. The van der Waals surface area contributed by atoms with Crippen molar-refractivity contribution in [1.29, 1.82) is 5.26 Å². The van der Waals surface area contributed by atoms with Crippen LogP contribution in [0.5, 0.6) is 0 Å². The molecule has 5 rings (SSSR count). The summed E-state index contributed by atoms with van der Waals surface area (Å²) in [5.41, 5.74) is 0.466. The van der Waals surface area contributed by atoms with Crippen LogP contribution in [0.2, 0.25) is 0 Å². The predicted octanol–water partition coefficient (Wildman–Crippen LogP) is 2.11. The highest BCUT2D eigenvalue weighted by atomic mass is 16.5. The van der Waals surface area contributed by atoms with Crippen molar-refractivity contribution in [2.24, 2.45) is 4.99 Å². The predicted molar refractivity (Wildman–Crippen MR) is 141 cm³/mol. The lowest BCUT2D eigenvalue weighted by Gasteiger charge is -2.39. The summed E-state index contributed by atoms with van der Waals surface area (Å²) >= 11 is 0. The Bertz CT molecular complexity index is 1560. The number of amidine groups is 1. The van der Waals surface area contributed by atoms with Crippen molar-refractivity contribution in [1.82, 2.24) is 4.90 Å². The Morgan fingerprint density at radius 3 is 2.42 bits per heavy atom. The first-order chi connectivity index (χ1) is 19.2. The summed E-state index contributed by atoms with van der Waals surface area (Å²) in [4.78, 5) is 60.9. The fourth-order valence-electron chi connectivity index (χ4n) is 5.96. The molecule has 40 heavy (non-hydrogen) atoms. The molecule has 3 aliphatic heterocycles. The number of likely N-dealkylation sites (tertiary alicyclic amines) is 1. The summed E-state index contributed by atoms with van der Waals surface area (Å²) in [5, 5.41) is 12.0. The molecule has 2 aromatic carbocycles. The van der Waals surface area contributed by atoms with Gasteiger partial charge in [-0.1, -0.05) is 24.3 Å². The van der Waals surface area contributed by atoms with Crippen LogP contribution < -0.4 is 10.2 Å². The highest BCUT2D eigenvalue weighted by Crippen LogP contribution is 2.57. The summed E-state index contributed by atoms with van der Waals surface area (Å²) in [6.07, 6.45) is 0.00509. The van der Waals surface area contributed by atoms with E-state index < -0.39 is 41.4 Å². The van der Waals surface area contributed by atoms with Gasteiger partial charge in [0.25, 0.3) is 0 Å². The molecule has 1 saturated heterocycles. The standard InChI is InChI=1S/C28H25N5O7/c1-32-18-11-6-5-10-17(18)28-13-19(23(34)38-2)33(27(37)30-16-9-7-8-15(12-16)14-29)26(28)31-21(25(36)40-4)20(22(28)32)24(35)39-3/h5-12,19,22H,13H2,1-4H3,(H,30,37)/t19-,22-,28-/m0/s1. The van der Waals surface area contributed by atoms with Crippen molar-refractivity contribution >= 4 is 41.1 Å². The molecule has 204 valence electrons. The second-order valence-electron chi connectivity index (χ2n) is 9.42. The van der Waals surface area contributed by atoms with Gasteiger partial charge in [0.2, 0.25) is 0 Å².